The number of carbonyl (C=O) groups is 1. The third kappa shape index (κ3) is 6.76. The van der Waals surface area contributed by atoms with Gasteiger partial charge in [-0.15, -0.1) is 0 Å². The van der Waals surface area contributed by atoms with E-state index in [9.17, 15) is 13.2 Å². The Morgan fingerprint density at radius 1 is 0.914 bits per heavy atom. The molecule has 1 N–H and O–H groups in total. The molecule has 0 aliphatic rings. The van der Waals surface area contributed by atoms with Crippen molar-refractivity contribution in [1.29, 1.82) is 0 Å². The van der Waals surface area contributed by atoms with Crippen molar-refractivity contribution in [2.24, 2.45) is 0 Å². The molecular formula is C27H32N2O5S. The fraction of sp³-hybridized carbons (Fsp3) is 0.296. The highest BCUT2D eigenvalue weighted by molar-refractivity contribution is 7.92. The Labute approximate surface area is 207 Å². The molecule has 0 heterocycles. The Morgan fingerprint density at radius 3 is 2.31 bits per heavy atom. The van der Waals surface area contributed by atoms with Crippen LogP contribution in [0.4, 0.5) is 5.69 Å². The molecule has 7 nitrogen and oxygen atoms in total. The van der Waals surface area contributed by atoms with E-state index in [0.29, 0.717) is 18.0 Å². The summed E-state index contributed by atoms with van der Waals surface area (Å²) in [5.41, 5.74) is 3.53. The summed E-state index contributed by atoms with van der Waals surface area (Å²) in [5.74, 6) is 0.656. The molecule has 0 radical (unpaired) electrons. The Bertz CT molecular complexity index is 1260. The third-order valence-electron chi connectivity index (χ3n) is 5.50. The zero-order valence-corrected chi connectivity index (χ0v) is 21.4. The maximum absolute atomic E-state index is 13.6. The Hall–Kier alpha value is -3.52. The maximum Gasteiger partial charge on any atom is 0.264 e. The normalized spacial score (nSPS) is 11.1. The minimum absolute atomic E-state index is 0.0975. The van der Waals surface area contributed by atoms with Gasteiger partial charge in [-0.05, 0) is 75.2 Å². The zero-order chi connectivity index (χ0) is 25.4. The number of para-hydroxylation sites is 2. The molecule has 0 aliphatic carbocycles. The molecule has 0 aliphatic heterocycles. The fourth-order valence-electron chi connectivity index (χ4n) is 3.43. The number of carbonyl (C=O) groups excluding carboxylic acids is 1. The van der Waals surface area contributed by atoms with Gasteiger partial charge in [-0.25, -0.2) is 8.42 Å². The number of hydrogen-bond donors (Lipinski definition) is 1. The molecule has 0 aromatic heterocycles. The van der Waals surface area contributed by atoms with Crippen LogP contribution in [0, 0.1) is 20.8 Å². The number of hydrogen-bond acceptors (Lipinski definition) is 5. The topological polar surface area (TPSA) is 84.9 Å². The van der Waals surface area contributed by atoms with E-state index >= 15 is 0 Å². The summed E-state index contributed by atoms with van der Waals surface area (Å²) in [6, 6.07) is 19.1. The first-order valence-electron chi connectivity index (χ1n) is 11.5. The van der Waals surface area contributed by atoms with E-state index in [1.54, 1.807) is 36.4 Å². The maximum atomic E-state index is 13.6. The minimum Gasteiger partial charge on any atom is -0.492 e. The van der Waals surface area contributed by atoms with Crippen LogP contribution in [0.15, 0.2) is 71.6 Å². The van der Waals surface area contributed by atoms with Gasteiger partial charge in [0.05, 0.1) is 23.7 Å². The Kier molecular flexibility index (Phi) is 8.76. The average molecular weight is 497 g/mol. The number of aryl methyl sites for hydroxylation is 3. The summed E-state index contributed by atoms with van der Waals surface area (Å²) < 4.78 is 39.6. The smallest absolute Gasteiger partial charge is 0.264 e. The van der Waals surface area contributed by atoms with Crippen LogP contribution in [-0.4, -0.2) is 40.6 Å². The Balaban J connectivity index is 1.76. The van der Waals surface area contributed by atoms with E-state index in [1.807, 2.05) is 45.9 Å². The second-order valence-electron chi connectivity index (χ2n) is 8.17. The average Bonchev–Trinajstić information content (AvgIpc) is 2.83. The van der Waals surface area contributed by atoms with Crippen LogP contribution in [0.1, 0.15) is 23.6 Å². The molecule has 0 atom stereocenters. The van der Waals surface area contributed by atoms with E-state index in [4.69, 9.17) is 9.47 Å². The standard InChI is InChI=1S/C27H32N2O5S/c1-5-33-26-9-7-6-8-25(26)29(35(31,32)24-14-10-20(2)11-15-24)19-27(30)28-16-17-34-23-13-12-21(3)22(4)18-23/h6-15,18H,5,16-17,19H2,1-4H3,(H,28,30). The van der Waals surface area contributed by atoms with Gasteiger partial charge in [0.2, 0.25) is 5.91 Å². The first-order valence-corrected chi connectivity index (χ1v) is 12.9. The van der Waals surface area contributed by atoms with Crippen molar-refractivity contribution in [2.75, 3.05) is 30.6 Å². The van der Waals surface area contributed by atoms with Gasteiger partial charge in [0.25, 0.3) is 10.0 Å². The molecule has 0 unspecified atom stereocenters. The number of anilines is 1. The van der Waals surface area contributed by atoms with E-state index < -0.39 is 22.5 Å². The number of nitrogens with one attached hydrogen (secondary N) is 1. The predicted octanol–water partition coefficient (Wildman–Crippen LogP) is 4.40. The molecule has 8 heteroatoms. The number of rotatable bonds is 11. The SMILES string of the molecule is CCOc1ccccc1N(CC(=O)NCCOc1ccc(C)c(C)c1)S(=O)(=O)c1ccc(C)cc1. The predicted molar refractivity (Wildman–Crippen MR) is 138 cm³/mol. The number of ether oxygens (including phenoxy) is 2. The molecule has 0 spiro atoms. The van der Waals surface area contributed by atoms with E-state index in [2.05, 4.69) is 5.32 Å². The molecule has 0 saturated heterocycles. The zero-order valence-electron chi connectivity index (χ0n) is 20.6. The van der Waals surface area contributed by atoms with Crippen molar-refractivity contribution < 1.29 is 22.7 Å². The van der Waals surface area contributed by atoms with Gasteiger partial charge in [-0.2, -0.15) is 0 Å². The quantitative estimate of drug-likeness (QED) is 0.398. The number of benzene rings is 3. The largest absolute Gasteiger partial charge is 0.492 e. The summed E-state index contributed by atoms with van der Waals surface area (Å²) in [6.07, 6.45) is 0. The van der Waals surface area contributed by atoms with Crippen LogP contribution in [0.3, 0.4) is 0 Å². The molecule has 35 heavy (non-hydrogen) atoms. The molecule has 186 valence electrons. The summed E-state index contributed by atoms with van der Waals surface area (Å²) >= 11 is 0. The van der Waals surface area contributed by atoms with Crippen LogP contribution in [0.25, 0.3) is 0 Å². The van der Waals surface area contributed by atoms with Gasteiger partial charge in [-0.3, -0.25) is 9.10 Å². The molecule has 0 saturated carbocycles. The van der Waals surface area contributed by atoms with Gasteiger partial charge in [-0.1, -0.05) is 35.9 Å². The fourth-order valence-corrected chi connectivity index (χ4v) is 4.86. The second kappa shape index (κ2) is 11.8. The van der Waals surface area contributed by atoms with Crippen molar-refractivity contribution in [3.8, 4) is 11.5 Å². The lowest BCUT2D eigenvalue weighted by Crippen LogP contribution is -2.42. The molecule has 1 amide bonds. The van der Waals surface area contributed by atoms with E-state index in [0.717, 1.165) is 21.2 Å². The van der Waals surface area contributed by atoms with Crippen molar-refractivity contribution >= 4 is 21.6 Å². The molecule has 3 aromatic rings. The van der Waals surface area contributed by atoms with E-state index in [-0.39, 0.29) is 18.0 Å². The molecule has 3 aromatic carbocycles. The number of sulfonamides is 1. The van der Waals surface area contributed by atoms with Crippen LogP contribution < -0.4 is 19.1 Å². The Morgan fingerprint density at radius 2 is 1.63 bits per heavy atom. The van der Waals surface area contributed by atoms with Gasteiger partial charge >= 0.3 is 0 Å². The second-order valence-corrected chi connectivity index (χ2v) is 10.0. The first kappa shape index (κ1) is 26.1. The molecule has 0 bridgehead atoms. The summed E-state index contributed by atoms with van der Waals surface area (Å²) in [4.78, 5) is 12.9. The lowest BCUT2D eigenvalue weighted by molar-refractivity contribution is -0.119. The van der Waals surface area contributed by atoms with Gasteiger partial charge < -0.3 is 14.8 Å². The summed E-state index contributed by atoms with van der Waals surface area (Å²) in [6.45, 7) is 8.18. The highest BCUT2D eigenvalue weighted by atomic mass is 32.2. The van der Waals surface area contributed by atoms with Gasteiger partial charge in [0, 0.05) is 0 Å². The third-order valence-corrected chi connectivity index (χ3v) is 7.28. The van der Waals surface area contributed by atoms with Crippen LogP contribution in [-0.2, 0) is 14.8 Å². The summed E-state index contributed by atoms with van der Waals surface area (Å²) in [7, 11) is -4.03. The number of amides is 1. The monoisotopic (exact) mass is 496 g/mol. The van der Waals surface area contributed by atoms with Gasteiger partial charge in [0.1, 0.15) is 24.7 Å². The lowest BCUT2D eigenvalue weighted by Gasteiger charge is -2.26. The lowest BCUT2D eigenvalue weighted by atomic mass is 10.1. The van der Waals surface area contributed by atoms with Crippen molar-refractivity contribution in [3.63, 3.8) is 0 Å². The highest BCUT2D eigenvalue weighted by Crippen LogP contribution is 2.32. The minimum atomic E-state index is -4.03. The van der Waals surface area contributed by atoms with Gasteiger partial charge in [0.15, 0.2) is 0 Å². The van der Waals surface area contributed by atoms with E-state index in [1.165, 1.54) is 17.7 Å². The van der Waals surface area contributed by atoms with Crippen molar-refractivity contribution in [2.45, 2.75) is 32.6 Å². The molecular weight excluding hydrogens is 464 g/mol. The number of nitrogens with zero attached hydrogens (tertiary/aromatic N) is 1. The van der Waals surface area contributed by atoms with Crippen LogP contribution >= 0.6 is 0 Å². The highest BCUT2D eigenvalue weighted by Gasteiger charge is 2.29. The first-order chi connectivity index (χ1) is 16.7. The molecule has 0 fully saturated rings. The van der Waals surface area contributed by atoms with Crippen LogP contribution in [0.2, 0.25) is 0 Å². The molecule has 3 rings (SSSR count). The van der Waals surface area contributed by atoms with Crippen molar-refractivity contribution in [1.82, 2.24) is 5.32 Å². The summed E-state index contributed by atoms with van der Waals surface area (Å²) in [5, 5.41) is 2.75. The van der Waals surface area contributed by atoms with Crippen LogP contribution in [0.5, 0.6) is 11.5 Å². The van der Waals surface area contributed by atoms with Crippen molar-refractivity contribution in [3.05, 3.63) is 83.4 Å².